The highest BCUT2D eigenvalue weighted by Gasteiger charge is 2.16. The molecule has 98 valence electrons. The van der Waals surface area contributed by atoms with E-state index in [9.17, 15) is 4.79 Å². The van der Waals surface area contributed by atoms with Gasteiger partial charge in [0.2, 0.25) is 0 Å². The SMILES string of the molecule is COc1ccc(C(=O)c2cccc(Cl)c2C)c(Cl)c1. The summed E-state index contributed by atoms with van der Waals surface area (Å²) in [5.74, 6) is 0.469. The number of ketones is 1. The van der Waals surface area contributed by atoms with Gasteiger partial charge in [0, 0.05) is 16.1 Å². The molecule has 0 unspecified atom stereocenters. The van der Waals surface area contributed by atoms with Crippen LogP contribution in [-0.4, -0.2) is 12.9 Å². The molecule has 0 bridgehead atoms. The van der Waals surface area contributed by atoms with Gasteiger partial charge in [-0.25, -0.2) is 0 Å². The van der Waals surface area contributed by atoms with Crippen molar-refractivity contribution in [3.8, 4) is 5.75 Å². The molecule has 0 heterocycles. The second-order valence-corrected chi connectivity index (χ2v) is 4.90. The van der Waals surface area contributed by atoms with Crippen LogP contribution in [0.4, 0.5) is 0 Å². The van der Waals surface area contributed by atoms with Crippen molar-refractivity contribution in [3.63, 3.8) is 0 Å². The maximum Gasteiger partial charge on any atom is 0.194 e. The van der Waals surface area contributed by atoms with Crippen LogP contribution in [0.3, 0.4) is 0 Å². The molecule has 0 aliphatic heterocycles. The summed E-state index contributed by atoms with van der Waals surface area (Å²) in [7, 11) is 1.55. The summed E-state index contributed by atoms with van der Waals surface area (Å²) in [6, 6.07) is 10.2. The Balaban J connectivity index is 2.47. The predicted octanol–water partition coefficient (Wildman–Crippen LogP) is 4.54. The van der Waals surface area contributed by atoms with Gasteiger partial charge in [-0.15, -0.1) is 0 Å². The number of hydrogen-bond acceptors (Lipinski definition) is 2. The van der Waals surface area contributed by atoms with Crippen molar-refractivity contribution in [1.82, 2.24) is 0 Å². The van der Waals surface area contributed by atoms with E-state index in [1.54, 1.807) is 43.5 Å². The first-order valence-corrected chi connectivity index (χ1v) is 6.43. The third kappa shape index (κ3) is 2.75. The van der Waals surface area contributed by atoms with Gasteiger partial charge in [0.15, 0.2) is 5.78 Å². The molecular weight excluding hydrogens is 283 g/mol. The van der Waals surface area contributed by atoms with Gasteiger partial charge in [-0.3, -0.25) is 4.79 Å². The fourth-order valence-electron chi connectivity index (χ4n) is 1.81. The third-order valence-electron chi connectivity index (χ3n) is 2.93. The Kier molecular flexibility index (Phi) is 4.13. The van der Waals surface area contributed by atoms with Crippen LogP contribution < -0.4 is 4.74 Å². The molecule has 2 rings (SSSR count). The van der Waals surface area contributed by atoms with Crippen LogP contribution in [0, 0.1) is 6.92 Å². The van der Waals surface area contributed by atoms with E-state index in [1.807, 2.05) is 6.92 Å². The molecule has 2 aromatic rings. The fraction of sp³-hybridized carbons (Fsp3) is 0.133. The second-order valence-electron chi connectivity index (χ2n) is 4.09. The van der Waals surface area contributed by atoms with Crippen molar-refractivity contribution >= 4 is 29.0 Å². The average molecular weight is 295 g/mol. The zero-order chi connectivity index (χ0) is 14.0. The summed E-state index contributed by atoms with van der Waals surface area (Å²) in [5.41, 5.74) is 1.74. The largest absolute Gasteiger partial charge is 0.497 e. The molecule has 19 heavy (non-hydrogen) atoms. The monoisotopic (exact) mass is 294 g/mol. The van der Waals surface area contributed by atoms with Crippen LogP contribution in [0.25, 0.3) is 0 Å². The zero-order valence-electron chi connectivity index (χ0n) is 10.5. The van der Waals surface area contributed by atoms with Crippen LogP contribution in [0.5, 0.6) is 5.75 Å². The van der Waals surface area contributed by atoms with Crippen molar-refractivity contribution < 1.29 is 9.53 Å². The molecular formula is C15H12Cl2O2. The highest BCUT2D eigenvalue weighted by atomic mass is 35.5. The molecule has 0 atom stereocenters. The van der Waals surface area contributed by atoms with Crippen LogP contribution in [-0.2, 0) is 0 Å². The number of carbonyl (C=O) groups excluding carboxylic acids is 1. The minimum Gasteiger partial charge on any atom is -0.497 e. The lowest BCUT2D eigenvalue weighted by molar-refractivity contribution is 0.103. The Labute approximate surface area is 121 Å². The van der Waals surface area contributed by atoms with Gasteiger partial charge in [-0.1, -0.05) is 35.3 Å². The van der Waals surface area contributed by atoms with Gasteiger partial charge < -0.3 is 4.74 Å². The number of halogens is 2. The zero-order valence-corrected chi connectivity index (χ0v) is 12.0. The predicted molar refractivity (Wildman–Crippen MR) is 77.6 cm³/mol. The number of benzene rings is 2. The molecule has 0 aliphatic rings. The first-order chi connectivity index (χ1) is 9.04. The molecule has 0 N–H and O–H groups in total. The molecule has 0 saturated carbocycles. The quantitative estimate of drug-likeness (QED) is 0.777. The van der Waals surface area contributed by atoms with E-state index >= 15 is 0 Å². The Bertz CT molecular complexity index is 636. The van der Waals surface area contributed by atoms with Gasteiger partial charge in [0.25, 0.3) is 0 Å². The first kappa shape index (κ1) is 13.9. The molecule has 0 amide bonds. The number of hydrogen-bond donors (Lipinski definition) is 0. The topological polar surface area (TPSA) is 26.3 Å². The maximum absolute atomic E-state index is 12.5. The van der Waals surface area contributed by atoms with E-state index in [2.05, 4.69) is 0 Å². The lowest BCUT2D eigenvalue weighted by atomic mass is 9.99. The van der Waals surface area contributed by atoms with Gasteiger partial charge in [0.05, 0.1) is 12.1 Å². The van der Waals surface area contributed by atoms with Gasteiger partial charge in [-0.2, -0.15) is 0 Å². The standard InChI is InChI=1S/C15H12Cl2O2/c1-9-11(4-3-5-13(9)16)15(18)12-7-6-10(19-2)8-14(12)17/h3-8H,1-2H3. The molecule has 0 aliphatic carbocycles. The van der Waals surface area contributed by atoms with Crippen molar-refractivity contribution in [2.24, 2.45) is 0 Å². The first-order valence-electron chi connectivity index (χ1n) is 5.68. The minimum absolute atomic E-state index is 0.146. The Hall–Kier alpha value is -1.51. The van der Waals surface area contributed by atoms with Crippen molar-refractivity contribution in [1.29, 1.82) is 0 Å². The summed E-state index contributed by atoms with van der Waals surface area (Å²) in [5, 5.41) is 0.930. The van der Waals surface area contributed by atoms with E-state index in [-0.39, 0.29) is 5.78 Å². The van der Waals surface area contributed by atoms with Crippen molar-refractivity contribution in [2.45, 2.75) is 6.92 Å². The Morgan fingerprint density at radius 1 is 1.05 bits per heavy atom. The Morgan fingerprint density at radius 2 is 1.79 bits per heavy atom. The average Bonchev–Trinajstić information content (AvgIpc) is 2.41. The second kappa shape index (κ2) is 5.64. The highest BCUT2D eigenvalue weighted by Crippen LogP contribution is 2.27. The maximum atomic E-state index is 12.5. The molecule has 0 radical (unpaired) electrons. The van der Waals surface area contributed by atoms with E-state index in [4.69, 9.17) is 27.9 Å². The van der Waals surface area contributed by atoms with Crippen LogP contribution in [0.2, 0.25) is 10.0 Å². The fourth-order valence-corrected chi connectivity index (χ4v) is 2.24. The molecule has 0 spiro atoms. The highest BCUT2D eigenvalue weighted by molar-refractivity contribution is 6.35. The van der Waals surface area contributed by atoms with Crippen LogP contribution in [0.15, 0.2) is 36.4 Å². The van der Waals surface area contributed by atoms with Gasteiger partial charge in [0.1, 0.15) is 5.75 Å². The summed E-state index contributed by atoms with van der Waals surface area (Å²) in [6.45, 7) is 1.81. The lowest BCUT2D eigenvalue weighted by Crippen LogP contribution is -2.05. The van der Waals surface area contributed by atoms with E-state index in [0.717, 1.165) is 5.56 Å². The summed E-state index contributed by atoms with van der Waals surface area (Å²) < 4.78 is 5.06. The van der Waals surface area contributed by atoms with Crippen molar-refractivity contribution in [3.05, 3.63) is 63.1 Å². The van der Waals surface area contributed by atoms with E-state index < -0.39 is 0 Å². The normalized spacial score (nSPS) is 10.3. The number of ether oxygens (including phenoxy) is 1. The Morgan fingerprint density at radius 3 is 2.42 bits per heavy atom. The van der Waals surface area contributed by atoms with Crippen molar-refractivity contribution in [2.75, 3.05) is 7.11 Å². The summed E-state index contributed by atoms with van der Waals surface area (Å²) in [4.78, 5) is 12.5. The molecule has 2 aromatic carbocycles. The molecule has 4 heteroatoms. The molecule has 2 nitrogen and oxygen atoms in total. The number of methoxy groups -OCH3 is 1. The smallest absolute Gasteiger partial charge is 0.194 e. The molecule has 0 fully saturated rings. The van der Waals surface area contributed by atoms with Crippen LogP contribution in [0.1, 0.15) is 21.5 Å². The van der Waals surface area contributed by atoms with Gasteiger partial charge >= 0.3 is 0 Å². The van der Waals surface area contributed by atoms with Gasteiger partial charge in [-0.05, 0) is 36.8 Å². The number of carbonyl (C=O) groups is 1. The van der Waals surface area contributed by atoms with Crippen LogP contribution >= 0.6 is 23.2 Å². The third-order valence-corrected chi connectivity index (χ3v) is 3.66. The molecule has 0 aromatic heterocycles. The molecule has 0 saturated heterocycles. The van der Waals surface area contributed by atoms with E-state index in [0.29, 0.717) is 26.9 Å². The minimum atomic E-state index is -0.146. The van der Waals surface area contributed by atoms with E-state index in [1.165, 1.54) is 0 Å². The summed E-state index contributed by atoms with van der Waals surface area (Å²) in [6.07, 6.45) is 0. The summed E-state index contributed by atoms with van der Waals surface area (Å²) >= 11 is 12.1. The lowest BCUT2D eigenvalue weighted by Gasteiger charge is -2.09. The number of rotatable bonds is 3.